The highest BCUT2D eigenvalue weighted by Gasteiger charge is 2.15. The van der Waals surface area contributed by atoms with E-state index < -0.39 is 0 Å². The van der Waals surface area contributed by atoms with Crippen molar-refractivity contribution in [2.75, 3.05) is 20.2 Å². The van der Waals surface area contributed by atoms with E-state index in [1.807, 2.05) is 0 Å². The van der Waals surface area contributed by atoms with Crippen molar-refractivity contribution in [2.45, 2.75) is 33.7 Å². The minimum absolute atomic E-state index is 0.0413. The number of ether oxygens (including phenoxy) is 1. The highest BCUT2D eigenvalue weighted by atomic mass is 16.5. The minimum atomic E-state index is 0.0413. The molecule has 0 amide bonds. The summed E-state index contributed by atoms with van der Waals surface area (Å²) >= 11 is 0. The van der Waals surface area contributed by atoms with Gasteiger partial charge in [0.25, 0.3) is 0 Å². The molecule has 3 N–H and O–H groups in total. The number of hydrogen-bond acceptors (Lipinski definition) is 3. The van der Waals surface area contributed by atoms with Crippen LogP contribution in [0.1, 0.15) is 35.2 Å². The van der Waals surface area contributed by atoms with Crippen molar-refractivity contribution in [3.8, 4) is 5.75 Å². The monoisotopic (exact) mass is 236 g/mol. The predicted octanol–water partition coefficient (Wildman–Crippen LogP) is 2.23. The van der Waals surface area contributed by atoms with E-state index in [1.54, 1.807) is 7.11 Å². The van der Waals surface area contributed by atoms with Crippen LogP contribution in [-0.4, -0.2) is 20.2 Å². The van der Waals surface area contributed by atoms with Gasteiger partial charge < -0.3 is 15.8 Å². The Hall–Kier alpha value is -1.06. The van der Waals surface area contributed by atoms with Crippen LogP contribution in [0.3, 0.4) is 0 Å². The summed E-state index contributed by atoms with van der Waals surface area (Å²) in [6.45, 7) is 10.1. The first-order valence-corrected chi connectivity index (χ1v) is 6.13. The number of benzene rings is 1. The van der Waals surface area contributed by atoms with E-state index in [4.69, 9.17) is 10.5 Å². The fourth-order valence-electron chi connectivity index (χ4n) is 2.25. The van der Waals surface area contributed by atoms with Crippen LogP contribution in [0.2, 0.25) is 0 Å². The van der Waals surface area contributed by atoms with E-state index in [0.29, 0.717) is 0 Å². The molecule has 0 fully saturated rings. The first-order valence-electron chi connectivity index (χ1n) is 6.13. The summed E-state index contributed by atoms with van der Waals surface area (Å²) in [7, 11) is 1.71. The van der Waals surface area contributed by atoms with E-state index in [2.05, 4.69) is 39.1 Å². The van der Waals surface area contributed by atoms with Gasteiger partial charge in [-0.05, 0) is 55.6 Å². The van der Waals surface area contributed by atoms with Gasteiger partial charge in [0.1, 0.15) is 5.75 Å². The Balaban J connectivity index is 3.11. The lowest BCUT2D eigenvalue weighted by molar-refractivity contribution is 0.410. The zero-order valence-electron chi connectivity index (χ0n) is 11.6. The van der Waals surface area contributed by atoms with Crippen LogP contribution in [0.15, 0.2) is 6.07 Å². The molecule has 96 valence electrons. The average Bonchev–Trinajstić information content (AvgIpc) is 2.31. The van der Waals surface area contributed by atoms with Crippen molar-refractivity contribution in [1.82, 2.24) is 5.32 Å². The molecule has 1 aromatic carbocycles. The van der Waals surface area contributed by atoms with Crippen LogP contribution in [0.25, 0.3) is 0 Å². The Morgan fingerprint density at radius 1 is 1.29 bits per heavy atom. The standard InChI is InChI=1S/C14H24N2O/c1-6-16-8-12(15)14-9(2)7-13(17-5)10(3)11(14)4/h7,12,16H,6,8,15H2,1-5H3. The smallest absolute Gasteiger partial charge is 0.122 e. The molecule has 1 unspecified atom stereocenters. The van der Waals surface area contributed by atoms with Gasteiger partial charge in [0.15, 0.2) is 0 Å². The zero-order chi connectivity index (χ0) is 13.0. The zero-order valence-corrected chi connectivity index (χ0v) is 11.6. The summed E-state index contributed by atoms with van der Waals surface area (Å²) in [5.74, 6) is 0.944. The molecule has 1 atom stereocenters. The molecule has 0 saturated heterocycles. The quantitative estimate of drug-likeness (QED) is 0.824. The molecule has 1 rings (SSSR count). The van der Waals surface area contributed by atoms with Gasteiger partial charge in [-0.25, -0.2) is 0 Å². The first-order chi connectivity index (χ1) is 8.02. The lowest BCUT2D eigenvalue weighted by Crippen LogP contribution is -2.28. The van der Waals surface area contributed by atoms with E-state index >= 15 is 0 Å². The van der Waals surface area contributed by atoms with Crippen molar-refractivity contribution in [3.63, 3.8) is 0 Å². The molecule has 0 aliphatic rings. The lowest BCUT2D eigenvalue weighted by Gasteiger charge is -2.21. The molecule has 0 radical (unpaired) electrons. The molecule has 0 spiro atoms. The van der Waals surface area contributed by atoms with Gasteiger partial charge in [0.2, 0.25) is 0 Å². The maximum Gasteiger partial charge on any atom is 0.122 e. The number of likely N-dealkylation sites (N-methyl/N-ethyl adjacent to an activating group) is 1. The lowest BCUT2D eigenvalue weighted by atomic mass is 9.92. The third-order valence-electron chi connectivity index (χ3n) is 3.31. The predicted molar refractivity (Wildman–Crippen MR) is 72.7 cm³/mol. The molecule has 1 aromatic rings. The summed E-state index contributed by atoms with van der Waals surface area (Å²) in [4.78, 5) is 0. The second-order valence-electron chi connectivity index (χ2n) is 4.47. The number of nitrogens with two attached hydrogens (primary N) is 1. The van der Waals surface area contributed by atoms with Crippen molar-refractivity contribution in [1.29, 1.82) is 0 Å². The molecule has 3 heteroatoms. The molecule has 0 heterocycles. The van der Waals surface area contributed by atoms with Crippen LogP contribution in [-0.2, 0) is 0 Å². The number of aryl methyl sites for hydroxylation is 1. The summed E-state index contributed by atoms with van der Waals surface area (Å²) in [5.41, 5.74) is 11.1. The maximum atomic E-state index is 6.24. The van der Waals surface area contributed by atoms with Gasteiger partial charge in [0, 0.05) is 12.6 Å². The van der Waals surface area contributed by atoms with Crippen LogP contribution in [0.4, 0.5) is 0 Å². The molecule has 0 bridgehead atoms. The fourth-order valence-corrected chi connectivity index (χ4v) is 2.25. The fraction of sp³-hybridized carbons (Fsp3) is 0.571. The second kappa shape index (κ2) is 6.03. The highest BCUT2D eigenvalue weighted by Crippen LogP contribution is 2.30. The summed E-state index contributed by atoms with van der Waals surface area (Å²) in [6, 6.07) is 2.11. The summed E-state index contributed by atoms with van der Waals surface area (Å²) < 4.78 is 5.37. The SMILES string of the molecule is CCNCC(N)c1c(C)cc(OC)c(C)c1C. The molecule has 0 aliphatic carbocycles. The number of hydrogen-bond donors (Lipinski definition) is 2. The third kappa shape index (κ3) is 2.99. The van der Waals surface area contributed by atoms with Crippen LogP contribution in [0.5, 0.6) is 5.75 Å². The van der Waals surface area contributed by atoms with Gasteiger partial charge in [-0.2, -0.15) is 0 Å². The largest absolute Gasteiger partial charge is 0.496 e. The second-order valence-corrected chi connectivity index (χ2v) is 4.47. The Bertz CT molecular complexity index is 388. The minimum Gasteiger partial charge on any atom is -0.496 e. The molecule has 0 saturated carbocycles. The van der Waals surface area contributed by atoms with E-state index in [0.717, 1.165) is 18.8 Å². The van der Waals surface area contributed by atoms with Gasteiger partial charge in [-0.15, -0.1) is 0 Å². The maximum absolute atomic E-state index is 6.24. The van der Waals surface area contributed by atoms with E-state index in [1.165, 1.54) is 22.3 Å². The van der Waals surface area contributed by atoms with Gasteiger partial charge in [-0.1, -0.05) is 6.92 Å². The van der Waals surface area contributed by atoms with Gasteiger partial charge >= 0.3 is 0 Å². The Kier molecular flexibility index (Phi) is 4.97. The molecule has 0 aromatic heterocycles. The summed E-state index contributed by atoms with van der Waals surface area (Å²) in [6.07, 6.45) is 0. The normalized spacial score (nSPS) is 12.6. The number of rotatable bonds is 5. The van der Waals surface area contributed by atoms with E-state index in [-0.39, 0.29) is 6.04 Å². The highest BCUT2D eigenvalue weighted by molar-refractivity contribution is 5.49. The van der Waals surface area contributed by atoms with Crippen LogP contribution in [0, 0.1) is 20.8 Å². The molecular formula is C14H24N2O. The number of nitrogens with one attached hydrogen (secondary N) is 1. The van der Waals surface area contributed by atoms with Gasteiger partial charge in [-0.3, -0.25) is 0 Å². The summed E-state index contributed by atoms with van der Waals surface area (Å²) in [5, 5.41) is 3.29. The average molecular weight is 236 g/mol. The van der Waals surface area contributed by atoms with Crippen molar-refractivity contribution < 1.29 is 4.74 Å². The molecule has 0 aliphatic heterocycles. The van der Waals surface area contributed by atoms with Crippen molar-refractivity contribution in [2.24, 2.45) is 5.73 Å². The molecular weight excluding hydrogens is 212 g/mol. The third-order valence-corrected chi connectivity index (χ3v) is 3.31. The molecule has 3 nitrogen and oxygen atoms in total. The van der Waals surface area contributed by atoms with Crippen molar-refractivity contribution >= 4 is 0 Å². The molecule has 17 heavy (non-hydrogen) atoms. The van der Waals surface area contributed by atoms with E-state index in [9.17, 15) is 0 Å². The van der Waals surface area contributed by atoms with Gasteiger partial charge in [0.05, 0.1) is 7.11 Å². The Morgan fingerprint density at radius 3 is 2.47 bits per heavy atom. The van der Waals surface area contributed by atoms with Crippen LogP contribution >= 0.6 is 0 Å². The van der Waals surface area contributed by atoms with Crippen LogP contribution < -0.4 is 15.8 Å². The topological polar surface area (TPSA) is 47.3 Å². The first kappa shape index (κ1) is 14.0. The van der Waals surface area contributed by atoms with Crippen molar-refractivity contribution in [3.05, 3.63) is 28.3 Å². The Labute approximate surface area is 104 Å². The number of methoxy groups -OCH3 is 1. The Morgan fingerprint density at radius 2 is 1.94 bits per heavy atom.